The number of rotatable bonds is 15. The van der Waals surface area contributed by atoms with Crippen LogP contribution in [0.2, 0.25) is 0 Å². The first-order chi connectivity index (χ1) is 9.77. The molecule has 0 aliphatic heterocycles. The first kappa shape index (κ1) is 24.1. The molecule has 0 N–H and O–H groups in total. The summed E-state index contributed by atoms with van der Waals surface area (Å²) < 4.78 is 0. The maximum absolute atomic E-state index is 10.2. The number of aliphatic carboxylic acids is 1. The van der Waals surface area contributed by atoms with Gasteiger partial charge in [-0.2, -0.15) is 0 Å². The summed E-state index contributed by atoms with van der Waals surface area (Å²) in [6.07, 6.45) is 20.9. The minimum absolute atomic E-state index is 0. The van der Waals surface area contributed by atoms with Gasteiger partial charge in [0.15, 0.2) is 0 Å². The van der Waals surface area contributed by atoms with E-state index in [1.165, 1.54) is 70.6 Å². The number of allylic oxidation sites excluding steroid dienone is 2. The zero-order valence-corrected chi connectivity index (χ0v) is 17.5. The number of carboxylic acids is 1. The number of hydrogen-bond donors (Lipinski definition) is 0. The Morgan fingerprint density at radius 1 is 0.762 bits per heavy atom. The third-order valence-corrected chi connectivity index (χ3v) is 3.64. The van der Waals surface area contributed by atoms with Crippen molar-refractivity contribution in [2.75, 3.05) is 0 Å². The quantitative estimate of drug-likeness (QED) is 0.262. The smallest absolute Gasteiger partial charge is 0.550 e. The molecular formula is C18H33KO2. The zero-order valence-electron chi connectivity index (χ0n) is 14.4. The summed E-state index contributed by atoms with van der Waals surface area (Å²) in [5, 5.41) is 10.2. The molecule has 0 heterocycles. The first-order valence-electron chi connectivity index (χ1n) is 8.62. The molecule has 0 aromatic heterocycles. The predicted molar refractivity (Wildman–Crippen MR) is 84.5 cm³/mol. The monoisotopic (exact) mass is 320 g/mol. The van der Waals surface area contributed by atoms with Gasteiger partial charge < -0.3 is 9.90 Å². The van der Waals surface area contributed by atoms with Crippen molar-refractivity contribution >= 4 is 5.97 Å². The standard InChI is InChI=1S/C18H34O2.K/c1-2-3-4-5-6-7-8-9-10-11-12-13-14-15-16-17-18(19)20;/h7-8H,2-6,9-17H2,1H3,(H,19,20);/q;+1/p-1/b8-7+;. The molecule has 0 aromatic carbocycles. The summed E-state index contributed by atoms with van der Waals surface area (Å²) in [5.74, 6) is -0.911. The average molecular weight is 321 g/mol. The predicted octanol–water partition coefficient (Wildman–Crippen LogP) is 1.78. The van der Waals surface area contributed by atoms with Gasteiger partial charge in [0.25, 0.3) is 0 Å². The summed E-state index contributed by atoms with van der Waals surface area (Å²) in [5.41, 5.74) is 0. The van der Waals surface area contributed by atoms with E-state index < -0.39 is 5.97 Å². The molecule has 0 saturated heterocycles. The summed E-state index contributed by atoms with van der Waals surface area (Å²) >= 11 is 0. The average Bonchev–Trinajstić information content (AvgIpc) is 2.43. The Kier molecular flexibility index (Phi) is 23.9. The van der Waals surface area contributed by atoms with Crippen LogP contribution in [0.15, 0.2) is 12.2 Å². The van der Waals surface area contributed by atoms with Crippen LogP contribution in [0.4, 0.5) is 0 Å². The number of unbranched alkanes of at least 4 members (excludes halogenated alkanes) is 11. The number of carbonyl (C=O) groups excluding carboxylic acids is 1. The molecule has 0 fully saturated rings. The Morgan fingerprint density at radius 3 is 1.67 bits per heavy atom. The molecule has 0 amide bonds. The van der Waals surface area contributed by atoms with E-state index in [0.29, 0.717) is 0 Å². The van der Waals surface area contributed by atoms with Crippen molar-refractivity contribution < 1.29 is 61.3 Å². The van der Waals surface area contributed by atoms with Crippen molar-refractivity contribution in [3.63, 3.8) is 0 Å². The van der Waals surface area contributed by atoms with Crippen LogP contribution < -0.4 is 56.5 Å². The summed E-state index contributed by atoms with van der Waals surface area (Å²) in [7, 11) is 0. The van der Waals surface area contributed by atoms with E-state index in [0.717, 1.165) is 12.8 Å². The third-order valence-electron chi connectivity index (χ3n) is 3.64. The molecule has 0 rings (SSSR count). The van der Waals surface area contributed by atoms with Gasteiger partial charge in [0.1, 0.15) is 0 Å². The molecule has 0 unspecified atom stereocenters. The Balaban J connectivity index is 0. The van der Waals surface area contributed by atoms with E-state index in [2.05, 4.69) is 19.1 Å². The van der Waals surface area contributed by atoms with Crippen LogP contribution >= 0.6 is 0 Å². The molecule has 0 bridgehead atoms. The molecule has 0 aliphatic rings. The number of hydrogen-bond acceptors (Lipinski definition) is 2. The Bertz CT molecular complexity index is 239. The van der Waals surface area contributed by atoms with Crippen molar-refractivity contribution in [2.24, 2.45) is 0 Å². The molecule has 21 heavy (non-hydrogen) atoms. The van der Waals surface area contributed by atoms with Gasteiger partial charge in [-0.3, -0.25) is 0 Å². The topological polar surface area (TPSA) is 40.1 Å². The maximum atomic E-state index is 10.2. The fraction of sp³-hybridized carbons (Fsp3) is 0.833. The van der Waals surface area contributed by atoms with E-state index in [1.807, 2.05) is 0 Å². The van der Waals surface area contributed by atoms with Crippen molar-refractivity contribution in [1.29, 1.82) is 0 Å². The normalized spacial score (nSPS) is 10.7. The largest absolute Gasteiger partial charge is 1.00 e. The molecule has 0 spiro atoms. The second-order valence-corrected chi connectivity index (χ2v) is 5.71. The van der Waals surface area contributed by atoms with Crippen LogP contribution in [-0.2, 0) is 4.79 Å². The maximum Gasteiger partial charge on any atom is 1.00 e. The third kappa shape index (κ3) is 23.2. The summed E-state index contributed by atoms with van der Waals surface area (Å²) in [4.78, 5) is 10.2. The van der Waals surface area contributed by atoms with Crippen LogP contribution in [0.3, 0.4) is 0 Å². The fourth-order valence-electron chi connectivity index (χ4n) is 2.34. The van der Waals surface area contributed by atoms with Crippen LogP contribution in [0.25, 0.3) is 0 Å². The minimum Gasteiger partial charge on any atom is -0.550 e. The molecule has 0 aliphatic carbocycles. The van der Waals surface area contributed by atoms with Gasteiger partial charge in [-0.05, 0) is 38.5 Å². The second-order valence-electron chi connectivity index (χ2n) is 5.71. The van der Waals surface area contributed by atoms with E-state index in [1.54, 1.807) is 0 Å². The van der Waals surface area contributed by atoms with Crippen molar-refractivity contribution in [3.8, 4) is 0 Å². The number of carbonyl (C=O) groups is 1. The summed E-state index contributed by atoms with van der Waals surface area (Å²) in [6.45, 7) is 2.25. The van der Waals surface area contributed by atoms with E-state index in [-0.39, 0.29) is 57.8 Å². The number of carboxylic acid groups (broad SMARTS) is 1. The van der Waals surface area contributed by atoms with Gasteiger partial charge in [-0.1, -0.05) is 70.4 Å². The Morgan fingerprint density at radius 2 is 1.19 bits per heavy atom. The van der Waals surface area contributed by atoms with Gasteiger partial charge >= 0.3 is 51.4 Å². The van der Waals surface area contributed by atoms with Gasteiger partial charge in [-0.25, -0.2) is 0 Å². The zero-order chi connectivity index (χ0) is 14.9. The van der Waals surface area contributed by atoms with Crippen molar-refractivity contribution in [1.82, 2.24) is 0 Å². The molecular weight excluding hydrogens is 287 g/mol. The Labute approximate surface area is 174 Å². The minimum atomic E-state index is -0.911. The molecule has 2 nitrogen and oxygen atoms in total. The second kappa shape index (κ2) is 20.8. The van der Waals surface area contributed by atoms with Gasteiger partial charge in [0, 0.05) is 5.97 Å². The Hall–Kier alpha value is 0.846. The SMILES string of the molecule is CCCCCC/C=C/CCCCCCCCCC(=O)[O-].[K+]. The van der Waals surface area contributed by atoms with Crippen LogP contribution in [-0.4, -0.2) is 5.97 Å². The van der Waals surface area contributed by atoms with E-state index in [9.17, 15) is 9.90 Å². The molecule has 3 heteroatoms. The van der Waals surface area contributed by atoms with Crippen LogP contribution in [0.1, 0.15) is 96.8 Å². The van der Waals surface area contributed by atoms with E-state index >= 15 is 0 Å². The first-order valence-corrected chi connectivity index (χ1v) is 8.62. The fourth-order valence-corrected chi connectivity index (χ4v) is 2.34. The molecule has 0 saturated carbocycles. The molecule has 0 atom stereocenters. The van der Waals surface area contributed by atoms with Crippen molar-refractivity contribution in [2.45, 2.75) is 96.8 Å². The molecule has 118 valence electrons. The van der Waals surface area contributed by atoms with Crippen molar-refractivity contribution in [3.05, 3.63) is 12.2 Å². The summed E-state index contributed by atoms with van der Waals surface area (Å²) in [6, 6.07) is 0. The van der Waals surface area contributed by atoms with Crippen LogP contribution in [0.5, 0.6) is 0 Å². The van der Waals surface area contributed by atoms with Gasteiger partial charge in [-0.15, -0.1) is 0 Å². The molecule has 0 aromatic rings. The van der Waals surface area contributed by atoms with Gasteiger partial charge in [0.2, 0.25) is 0 Å². The van der Waals surface area contributed by atoms with E-state index in [4.69, 9.17) is 0 Å². The van der Waals surface area contributed by atoms with Gasteiger partial charge in [0.05, 0.1) is 0 Å². The molecule has 0 radical (unpaired) electrons. The van der Waals surface area contributed by atoms with Crippen LogP contribution in [0, 0.1) is 0 Å².